The van der Waals surface area contributed by atoms with E-state index < -0.39 is 0 Å². The second-order valence-corrected chi connectivity index (χ2v) is 5.40. The smallest absolute Gasteiger partial charge is 0.221 e. The molecule has 0 aliphatic rings. The number of nitrogens with one attached hydrogen (secondary N) is 2. The molecule has 0 saturated heterocycles. The number of benzene rings is 2. The van der Waals surface area contributed by atoms with Gasteiger partial charge in [-0.05, 0) is 36.8 Å². The molecule has 0 unspecified atom stereocenters. The van der Waals surface area contributed by atoms with Gasteiger partial charge in [0.05, 0.1) is 0 Å². The van der Waals surface area contributed by atoms with E-state index in [4.69, 9.17) is 4.74 Å². The number of ether oxygens (including phenoxy) is 1. The predicted molar refractivity (Wildman–Crippen MR) is 88.9 cm³/mol. The maximum atomic E-state index is 13.4. The fraction of sp³-hybridized carbons (Fsp3) is 0.278. The Bertz CT molecular complexity index is 644. The van der Waals surface area contributed by atoms with Gasteiger partial charge in [0, 0.05) is 25.2 Å². The van der Waals surface area contributed by atoms with Crippen LogP contribution in [-0.2, 0) is 11.3 Å². The van der Waals surface area contributed by atoms with Crippen LogP contribution in [-0.4, -0.2) is 18.6 Å². The van der Waals surface area contributed by atoms with Gasteiger partial charge in [-0.25, -0.2) is 4.39 Å². The Morgan fingerprint density at radius 1 is 1.17 bits per heavy atom. The first-order valence-electron chi connectivity index (χ1n) is 7.52. The van der Waals surface area contributed by atoms with Crippen molar-refractivity contribution in [2.24, 2.45) is 0 Å². The molecular weight excluding hydrogens is 295 g/mol. The molecule has 122 valence electrons. The van der Waals surface area contributed by atoms with Gasteiger partial charge in [-0.2, -0.15) is 0 Å². The van der Waals surface area contributed by atoms with Crippen LogP contribution in [0.3, 0.4) is 0 Å². The first-order valence-corrected chi connectivity index (χ1v) is 7.52. The molecule has 0 aromatic heterocycles. The van der Waals surface area contributed by atoms with Gasteiger partial charge in [0.1, 0.15) is 6.61 Å². The molecule has 2 aromatic carbocycles. The Kier molecular flexibility index (Phi) is 6.11. The van der Waals surface area contributed by atoms with Gasteiger partial charge in [-0.15, -0.1) is 0 Å². The summed E-state index contributed by atoms with van der Waals surface area (Å²) in [6.07, 6.45) is 0. The lowest BCUT2D eigenvalue weighted by Gasteiger charge is -2.15. The van der Waals surface area contributed by atoms with E-state index in [0.29, 0.717) is 13.2 Å². The highest BCUT2D eigenvalue weighted by Crippen LogP contribution is 2.15. The van der Waals surface area contributed by atoms with E-state index in [2.05, 4.69) is 10.6 Å². The number of anilines is 1. The second-order valence-electron chi connectivity index (χ2n) is 5.40. The first kappa shape index (κ1) is 17.0. The molecule has 2 N–H and O–H groups in total. The van der Waals surface area contributed by atoms with Gasteiger partial charge >= 0.3 is 0 Å². The maximum Gasteiger partial charge on any atom is 0.221 e. The monoisotopic (exact) mass is 316 g/mol. The second kappa shape index (κ2) is 8.29. The quantitative estimate of drug-likeness (QED) is 0.824. The minimum absolute atomic E-state index is 0.0737. The van der Waals surface area contributed by atoms with Crippen molar-refractivity contribution in [3.63, 3.8) is 0 Å². The topological polar surface area (TPSA) is 50.4 Å². The summed E-state index contributed by atoms with van der Waals surface area (Å²) in [4.78, 5) is 11.0. The summed E-state index contributed by atoms with van der Waals surface area (Å²) in [5.41, 5.74) is 1.87. The van der Waals surface area contributed by atoms with Crippen LogP contribution in [0.1, 0.15) is 19.4 Å². The lowest BCUT2D eigenvalue weighted by Crippen LogP contribution is -2.31. The summed E-state index contributed by atoms with van der Waals surface area (Å²) in [5, 5.41) is 6.04. The number of hydrogen-bond donors (Lipinski definition) is 2. The Balaban J connectivity index is 1.76. The number of hydrogen-bond acceptors (Lipinski definition) is 3. The fourth-order valence-corrected chi connectivity index (χ4v) is 2.04. The van der Waals surface area contributed by atoms with Crippen LogP contribution in [0.5, 0.6) is 5.75 Å². The fourth-order valence-electron chi connectivity index (χ4n) is 2.04. The van der Waals surface area contributed by atoms with Crippen molar-refractivity contribution < 1.29 is 13.9 Å². The highest BCUT2D eigenvalue weighted by Gasteiger charge is 2.06. The Morgan fingerprint density at radius 2 is 1.87 bits per heavy atom. The van der Waals surface area contributed by atoms with Crippen molar-refractivity contribution in [1.29, 1.82) is 0 Å². The van der Waals surface area contributed by atoms with Gasteiger partial charge in [0.2, 0.25) is 5.91 Å². The summed E-state index contributed by atoms with van der Waals surface area (Å²) in [6, 6.07) is 14.1. The number of rotatable bonds is 7. The zero-order chi connectivity index (χ0) is 16.7. The lowest BCUT2D eigenvalue weighted by molar-refractivity contribution is -0.114. The molecule has 0 aliphatic carbocycles. The highest BCUT2D eigenvalue weighted by molar-refractivity contribution is 5.88. The van der Waals surface area contributed by atoms with E-state index in [9.17, 15) is 9.18 Å². The number of halogens is 1. The number of amides is 1. The SMILES string of the molecule is CC(=O)Nc1ccc(CN[C@@H](C)COc2ccccc2F)cc1. The molecule has 2 aromatic rings. The van der Waals surface area contributed by atoms with Crippen LogP contribution in [0.4, 0.5) is 10.1 Å². The van der Waals surface area contributed by atoms with Crippen molar-refractivity contribution in [2.75, 3.05) is 11.9 Å². The zero-order valence-corrected chi connectivity index (χ0v) is 13.3. The molecule has 4 nitrogen and oxygen atoms in total. The van der Waals surface area contributed by atoms with Gasteiger partial charge in [-0.1, -0.05) is 24.3 Å². The molecule has 0 fully saturated rings. The molecule has 0 heterocycles. The molecular formula is C18H21FN2O2. The van der Waals surface area contributed by atoms with Crippen molar-refractivity contribution in [3.8, 4) is 5.75 Å². The van der Waals surface area contributed by atoms with Crippen molar-refractivity contribution in [2.45, 2.75) is 26.4 Å². The van der Waals surface area contributed by atoms with Crippen LogP contribution in [0.15, 0.2) is 48.5 Å². The third-order valence-corrected chi connectivity index (χ3v) is 3.25. The van der Waals surface area contributed by atoms with E-state index in [0.717, 1.165) is 11.3 Å². The van der Waals surface area contributed by atoms with Crippen LogP contribution in [0, 0.1) is 5.82 Å². The van der Waals surface area contributed by atoms with E-state index in [1.807, 2.05) is 31.2 Å². The van der Waals surface area contributed by atoms with Crippen molar-refractivity contribution in [1.82, 2.24) is 5.32 Å². The Morgan fingerprint density at radius 3 is 2.52 bits per heavy atom. The van der Waals surface area contributed by atoms with Crippen molar-refractivity contribution >= 4 is 11.6 Å². The molecule has 23 heavy (non-hydrogen) atoms. The summed E-state index contributed by atoms with van der Waals surface area (Å²) in [6.45, 7) is 4.51. The van der Waals surface area contributed by atoms with E-state index in [1.165, 1.54) is 13.0 Å². The highest BCUT2D eigenvalue weighted by atomic mass is 19.1. The first-order chi connectivity index (χ1) is 11.0. The summed E-state index contributed by atoms with van der Waals surface area (Å²) in [5.74, 6) is -0.177. The normalized spacial score (nSPS) is 11.8. The molecule has 5 heteroatoms. The lowest BCUT2D eigenvalue weighted by atomic mass is 10.2. The molecule has 0 aliphatic heterocycles. The number of para-hydroxylation sites is 1. The molecule has 1 atom stereocenters. The van der Waals surface area contributed by atoms with E-state index in [-0.39, 0.29) is 23.5 Å². The largest absolute Gasteiger partial charge is 0.489 e. The summed E-state index contributed by atoms with van der Waals surface area (Å²) in [7, 11) is 0. The number of carbonyl (C=O) groups is 1. The average molecular weight is 316 g/mol. The van der Waals surface area contributed by atoms with Crippen LogP contribution >= 0.6 is 0 Å². The molecule has 0 radical (unpaired) electrons. The predicted octanol–water partition coefficient (Wildman–Crippen LogP) is 3.34. The van der Waals surface area contributed by atoms with E-state index in [1.54, 1.807) is 18.2 Å². The third-order valence-electron chi connectivity index (χ3n) is 3.25. The Labute approximate surface area is 135 Å². The third kappa shape index (κ3) is 5.71. The van der Waals surface area contributed by atoms with Crippen LogP contribution in [0.2, 0.25) is 0 Å². The maximum absolute atomic E-state index is 13.4. The zero-order valence-electron chi connectivity index (χ0n) is 13.3. The van der Waals surface area contributed by atoms with Crippen LogP contribution in [0.25, 0.3) is 0 Å². The van der Waals surface area contributed by atoms with Gasteiger partial charge in [0.15, 0.2) is 11.6 Å². The summed E-state index contributed by atoms with van der Waals surface area (Å²) >= 11 is 0. The minimum atomic E-state index is -0.353. The van der Waals surface area contributed by atoms with E-state index >= 15 is 0 Å². The Hall–Kier alpha value is -2.40. The average Bonchev–Trinajstić information content (AvgIpc) is 2.53. The standard InChI is InChI=1S/C18H21FN2O2/c1-13(12-23-18-6-4-3-5-17(18)19)20-11-15-7-9-16(10-8-15)21-14(2)22/h3-10,13,20H,11-12H2,1-2H3,(H,21,22)/t13-/m0/s1. The molecule has 2 rings (SSSR count). The minimum Gasteiger partial charge on any atom is -0.489 e. The molecule has 0 spiro atoms. The molecule has 0 bridgehead atoms. The van der Waals surface area contributed by atoms with Crippen molar-refractivity contribution in [3.05, 3.63) is 59.9 Å². The summed E-state index contributed by atoms with van der Waals surface area (Å²) < 4.78 is 18.9. The van der Waals surface area contributed by atoms with Crippen LogP contribution < -0.4 is 15.4 Å². The number of carbonyl (C=O) groups excluding carboxylic acids is 1. The van der Waals surface area contributed by atoms with Gasteiger partial charge in [0.25, 0.3) is 0 Å². The van der Waals surface area contributed by atoms with Gasteiger partial charge < -0.3 is 15.4 Å². The van der Waals surface area contributed by atoms with Gasteiger partial charge in [-0.3, -0.25) is 4.79 Å². The molecule has 0 saturated carbocycles. The molecule has 1 amide bonds.